The Labute approximate surface area is 298 Å². The first-order valence-electron chi connectivity index (χ1n) is 17.6. The van der Waals surface area contributed by atoms with Gasteiger partial charge in [0.25, 0.3) is 0 Å². The summed E-state index contributed by atoms with van der Waals surface area (Å²) < 4.78 is 9.22. The number of nitrogens with zero attached hydrogens (tertiary/aromatic N) is 3. The Morgan fingerprint density at radius 2 is 1.04 bits per heavy atom. The minimum absolute atomic E-state index is 0.663. The molecule has 0 radical (unpaired) electrons. The molecule has 3 aromatic heterocycles. The molecule has 0 unspecified atom stereocenters. The summed E-state index contributed by atoms with van der Waals surface area (Å²) in [4.78, 5) is 10.4. The zero-order valence-corrected chi connectivity index (χ0v) is 28.0. The second-order valence-electron chi connectivity index (χ2n) is 13.3. The largest absolute Gasteiger partial charge is 0.456 e. The number of furan rings is 1. The minimum Gasteiger partial charge on any atom is -0.456 e. The minimum atomic E-state index is 0.663. The van der Waals surface area contributed by atoms with Crippen molar-refractivity contribution >= 4 is 65.3 Å². The summed E-state index contributed by atoms with van der Waals surface area (Å²) in [6.07, 6.45) is 0. The maximum atomic E-state index is 6.82. The predicted octanol–water partition coefficient (Wildman–Crippen LogP) is 12.8. The SMILES string of the molecule is c1ccc(-c2cc(-c3ccccc3)nc(-c3cccc4oc5cc(-n6c7ccccc7c7c8ccccc8ccc76)c6ccccc6c5c34)n2)cc1. The molecular weight excluding hydrogens is 635 g/mol. The van der Waals surface area contributed by atoms with Crippen LogP contribution in [0.4, 0.5) is 0 Å². The van der Waals surface area contributed by atoms with Crippen LogP contribution in [-0.4, -0.2) is 14.5 Å². The van der Waals surface area contributed by atoms with Gasteiger partial charge in [-0.2, -0.15) is 0 Å². The molecule has 52 heavy (non-hydrogen) atoms. The van der Waals surface area contributed by atoms with Gasteiger partial charge in [-0.15, -0.1) is 0 Å². The summed E-state index contributed by atoms with van der Waals surface area (Å²) in [5, 5.41) is 9.31. The smallest absolute Gasteiger partial charge is 0.161 e. The summed E-state index contributed by atoms with van der Waals surface area (Å²) in [6, 6.07) is 61.7. The first-order chi connectivity index (χ1) is 25.8. The van der Waals surface area contributed by atoms with Gasteiger partial charge in [-0.3, -0.25) is 0 Å². The number of para-hydroxylation sites is 1. The quantitative estimate of drug-likeness (QED) is 0.188. The summed E-state index contributed by atoms with van der Waals surface area (Å²) in [6.45, 7) is 0. The topological polar surface area (TPSA) is 43.9 Å². The van der Waals surface area contributed by atoms with E-state index in [2.05, 4.69) is 138 Å². The molecule has 0 aliphatic carbocycles. The molecule has 11 rings (SSSR count). The van der Waals surface area contributed by atoms with Crippen LogP contribution in [0.5, 0.6) is 0 Å². The molecule has 4 heteroatoms. The van der Waals surface area contributed by atoms with E-state index in [-0.39, 0.29) is 0 Å². The van der Waals surface area contributed by atoms with Gasteiger partial charge in [0.15, 0.2) is 5.82 Å². The van der Waals surface area contributed by atoms with E-state index in [1.165, 1.54) is 27.1 Å². The van der Waals surface area contributed by atoms with Crippen molar-refractivity contribution in [3.05, 3.63) is 176 Å². The number of rotatable bonds is 4. The van der Waals surface area contributed by atoms with Gasteiger partial charge in [0, 0.05) is 49.7 Å². The zero-order valence-electron chi connectivity index (χ0n) is 28.0. The molecule has 0 N–H and O–H groups in total. The van der Waals surface area contributed by atoms with Crippen molar-refractivity contribution in [1.82, 2.24) is 14.5 Å². The first kappa shape index (κ1) is 28.8. The van der Waals surface area contributed by atoms with Crippen molar-refractivity contribution in [3.63, 3.8) is 0 Å². The number of hydrogen-bond donors (Lipinski definition) is 0. The van der Waals surface area contributed by atoms with Gasteiger partial charge in [-0.05, 0) is 40.4 Å². The Kier molecular flexibility index (Phi) is 6.22. The van der Waals surface area contributed by atoms with Crippen molar-refractivity contribution in [2.75, 3.05) is 0 Å². The Morgan fingerprint density at radius 3 is 1.79 bits per heavy atom. The lowest BCUT2D eigenvalue weighted by Gasteiger charge is -2.13. The molecule has 11 aromatic rings. The van der Waals surface area contributed by atoms with Crippen LogP contribution in [0, 0.1) is 0 Å². The van der Waals surface area contributed by atoms with E-state index >= 15 is 0 Å². The number of aromatic nitrogens is 3. The second-order valence-corrected chi connectivity index (χ2v) is 13.3. The third-order valence-electron chi connectivity index (χ3n) is 10.4. The molecule has 0 saturated carbocycles. The highest BCUT2D eigenvalue weighted by molar-refractivity contribution is 6.26. The molecular formula is C48H29N3O. The van der Waals surface area contributed by atoms with Crippen molar-refractivity contribution in [2.24, 2.45) is 0 Å². The van der Waals surface area contributed by atoms with Gasteiger partial charge in [0.05, 0.1) is 28.1 Å². The Morgan fingerprint density at radius 1 is 0.404 bits per heavy atom. The molecule has 3 heterocycles. The van der Waals surface area contributed by atoms with E-state index in [0.717, 1.165) is 72.0 Å². The van der Waals surface area contributed by atoms with Crippen LogP contribution < -0.4 is 0 Å². The predicted molar refractivity (Wildman–Crippen MR) is 215 cm³/mol. The van der Waals surface area contributed by atoms with Gasteiger partial charge in [-0.1, -0.05) is 146 Å². The van der Waals surface area contributed by atoms with Crippen LogP contribution in [-0.2, 0) is 0 Å². The summed E-state index contributed by atoms with van der Waals surface area (Å²) in [5.74, 6) is 0.663. The Hall–Kier alpha value is -7.04. The highest BCUT2D eigenvalue weighted by Gasteiger charge is 2.22. The molecule has 8 aromatic carbocycles. The van der Waals surface area contributed by atoms with Crippen LogP contribution in [0.3, 0.4) is 0 Å². The normalized spacial score (nSPS) is 11.8. The maximum absolute atomic E-state index is 6.82. The molecule has 4 nitrogen and oxygen atoms in total. The molecule has 0 aliphatic heterocycles. The van der Waals surface area contributed by atoms with E-state index in [1.807, 2.05) is 42.5 Å². The van der Waals surface area contributed by atoms with Crippen LogP contribution in [0.1, 0.15) is 0 Å². The van der Waals surface area contributed by atoms with Gasteiger partial charge in [0.2, 0.25) is 0 Å². The van der Waals surface area contributed by atoms with Gasteiger partial charge in [0.1, 0.15) is 11.2 Å². The molecule has 0 spiro atoms. The van der Waals surface area contributed by atoms with Crippen molar-refractivity contribution in [1.29, 1.82) is 0 Å². The standard InChI is InChI=1S/C48H29N3O/c1-3-15-31(16-4-1)38-28-39(32-17-5-2-6-18-32)50-48(49-38)37-23-13-25-43-47(37)46-35-21-10-9-20-34(35)42(29-44(46)52-43)51-40-24-12-11-22-36(40)45-33-19-8-7-14-30(33)26-27-41(45)51/h1-29H. The van der Waals surface area contributed by atoms with Crippen LogP contribution in [0.2, 0.25) is 0 Å². The van der Waals surface area contributed by atoms with Crippen LogP contribution in [0.25, 0.3) is 105 Å². The lowest BCUT2D eigenvalue weighted by molar-refractivity contribution is 0.669. The fraction of sp³-hybridized carbons (Fsp3) is 0. The van der Waals surface area contributed by atoms with Gasteiger partial charge < -0.3 is 8.98 Å². The van der Waals surface area contributed by atoms with Crippen molar-refractivity contribution in [2.45, 2.75) is 0 Å². The number of benzene rings is 8. The molecule has 242 valence electrons. The molecule has 0 fully saturated rings. The summed E-state index contributed by atoms with van der Waals surface area (Å²) in [5.41, 5.74) is 9.81. The van der Waals surface area contributed by atoms with Crippen molar-refractivity contribution in [3.8, 4) is 39.6 Å². The maximum Gasteiger partial charge on any atom is 0.161 e. The van der Waals surface area contributed by atoms with E-state index in [1.54, 1.807) is 0 Å². The Balaban J connectivity index is 1.22. The van der Waals surface area contributed by atoms with E-state index in [9.17, 15) is 0 Å². The lowest BCUT2D eigenvalue weighted by atomic mass is 9.98. The highest BCUT2D eigenvalue weighted by atomic mass is 16.3. The molecule has 0 amide bonds. The second kappa shape index (κ2) is 11.2. The third-order valence-corrected chi connectivity index (χ3v) is 10.4. The van der Waals surface area contributed by atoms with E-state index in [4.69, 9.17) is 14.4 Å². The monoisotopic (exact) mass is 663 g/mol. The molecule has 0 bridgehead atoms. The molecule has 0 aliphatic rings. The van der Waals surface area contributed by atoms with Crippen molar-refractivity contribution < 1.29 is 4.42 Å². The summed E-state index contributed by atoms with van der Waals surface area (Å²) >= 11 is 0. The fourth-order valence-electron chi connectivity index (χ4n) is 8.11. The van der Waals surface area contributed by atoms with Gasteiger partial charge in [-0.25, -0.2) is 9.97 Å². The summed E-state index contributed by atoms with van der Waals surface area (Å²) in [7, 11) is 0. The lowest BCUT2D eigenvalue weighted by Crippen LogP contribution is -1.97. The average molecular weight is 664 g/mol. The Bertz CT molecular complexity index is 3120. The molecule has 0 atom stereocenters. The van der Waals surface area contributed by atoms with Crippen LogP contribution >= 0.6 is 0 Å². The number of hydrogen-bond acceptors (Lipinski definition) is 3. The first-order valence-corrected chi connectivity index (χ1v) is 17.6. The highest BCUT2D eigenvalue weighted by Crippen LogP contribution is 2.44. The number of fused-ring (bicyclic) bond motifs is 10. The van der Waals surface area contributed by atoms with E-state index in [0.29, 0.717) is 5.82 Å². The fourth-order valence-corrected chi connectivity index (χ4v) is 8.11. The molecule has 0 saturated heterocycles. The average Bonchev–Trinajstić information content (AvgIpc) is 3.77. The zero-order chi connectivity index (χ0) is 34.2. The van der Waals surface area contributed by atoms with E-state index < -0.39 is 0 Å². The van der Waals surface area contributed by atoms with Crippen LogP contribution in [0.15, 0.2) is 180 Å². The van der Waals surface area contributed by atoms with Gasteiger partial charge >= 0.3 is 0 Å². The third kappa shape index (κ3) is 4.28.